The van der Waals surface area contributed by atoms with E-state index < -0.39 is 79.3 Å². The van der Waals surface area contributed by atoms with Gasteiger partial charge in [0, 0.05) is 6.42 Å². The Balaban J connectivity index is 5.40. The minimum atomic E-state index is -1.59. The molecule has 0 spiro atoms. The van der Waals surface area contributed by atoms with E-state index in [0.29, 0.717) is 6.42 Å². The van der Waals surface area contributed by atoms with Crippen LogP contribution < -0.4 is 27.0 Å². The zero-order chi connectivity index (χ0) is 28.0. The molecule has 14 heteroatoms. The molecule has 0 rings (SSSR count). The average Bonchev–Trinajstić information content (AvgIpc) is 2.80. The summed E-state index contributed by atoms with van der Waals surface area (Å²) in [6.45, 7) is 5.76. The second kappa shape index (κ2) is 16.4. The number of aliphatic hydroxyl groups excluding tert-OH is 1. The number of amides is 4. The molecule has 36 heavy (non-hydrogen) atoms. The number of hydrogen-bond donors (Lipinski definition) is 8. The number of carbonyl (C=O) groups excluding carboxylic acids is 4. The van der Waals surface area contributed by atoms with E-state index in [2.05, 4.69) is 21.3 Å². The van der Waals surface area contributed by atoms with Crippen molar-refractivity contribution in [3.63, 3.8) is 0 Å². The molecule has 0 radical (unpaired) electrons. The highest BCUT2D eigenvalue weighted by molar-refractivity contribution is 5.94. The quantitative estimate of drug-likeness (QED) is 0.105. The van der Waals surface area contributed by atoms with E-state index >= 15 is 0 Å². The number of hydrogen-bond acceptors (Lipinski definition) is 8. The van der Waals surface area contributed by atoms with Gasteiger partial charge in [0.1, 0.15) is 18.1 Å². The third-order valence-corrected chi connectivity index (χ3v) is 5.42. The van der Waals surface area contributed by atoms with E-state index in [0.717, 1.165) is 0 Å². The van der Waals surface area contributed by atoms with E-state index in [1.54, 1.807) is 20.8 Å². The van der Waals surface area contributed by atoms with Gasteiger partial charge in [-0.15, -0.1) is 0 Å². The highest BCUT2D eigenvalue weighted by atomic mass is 16.4. The monoisotopic (exact) mass is 517 g/mol. The van der Waals surface area contributed by atoms with Gasteiger partial charge in [0.15, 0.2) is 0 Å². The van der Waals surface area contributed by atoms with Crippen molar-refractivity contribution >= 4 is 35.6 Å². The summed E-state index contributed by atoms with van der Waals surface area (Å²) in [7, 11) is 0. The lowest BCUT2D eigenvalue weighted by Crippen LogP contribution is -2.57. The maximum Gasteiger partial charge on any atom is 0.328 e. The maximum absolute atomic E-state index is 12.9. The molecule has 0 fully saturated rings. The van der Waals surface area contributed by atoms with Crippen LogP contribution in [0.3, 0.4) is 0 Å². The van der Waals surface area contributed by atoms with Crippen LogP contribution in [0.25, 0.3) is 0 Å². The average molecular weight is 518 g/mol. The number of carboxylic acid groups (broad SMARTS) is 2. The molecule has 0 aromatic carbocycles. The molecule has 0 aliphatic carbocycles. The maximum atomic E-state index is 12.9. The molecule has 5 atom stereocenters. The Morgan fingerprint density at radius 2 is 1.39 bits per heavy atom. The van der Waals surface area contributed by atoms with Crippen LogP contribution in [0.5, 0.6) is 0 Å². The third kappa shape index (κ3) is 12.4. The highest BCUT2D eigenvalue weighted by Crippen LogP contribution is 2.08. The van der Waals surface area contributed by atoms with E-state index in [9.17, 15) is 28.8 Å². The number of nitrogens with two attached hydrogens (primary N) is 1. The van der Waals surface area contributed by atoms with Crippen molar-refractivity contribution < 1.29 is 44.1 Å². The van der Waals surface area contributed by atoms with E-state index in [1.807, 2.05) is 6.92 Å². The molecular weight excluding hydrogens is 478 g/mol. The van der Waals surface area contributed by atoms with Crippen molar-refractivity contribution in [1.82, 2.24) is 21.3 Å². The highest BCUT2D eigenvalue weighted by Gasteiger charge is 2.30. The molecule has 0 heterocycles. The summed E-state index contributed by atoms with van der Waals surface area (Å²) in [6.07, 6.45) is -0.0404. The van der Waals surface area contributed by atoms with Crippen LogP contribution in [0.4, 0.5) is 0 Å². The number of aliphatic hydroxyl groups is 1. The van der Waals surface area contributed by atoms with Crippen LogP contribution >= 0.6 is 0 Å². The molecule has 0 aliphatic heterocycles. The van der Waals surface area contributed by atoms with Crippen molar-refractivity contribution in [3.05, 3.63) is 0 Å². The third-order valence-electron chi connectivity index (χ3n) is 5.42. The predicted molar refractivity (Wildman–Crippen MR) is 127 cm³/mol. The Kier molecular flexibility index (Phi) is 14.9. The largest absolute Gasteiger partial charge is 0.481 e. The van der Waals surface area contributed by atoms with Crippen LogP contribution in [0, 0.1) is 11.8 Å². The Hall–Kier alpha value is -3.26. The fourth-order valence-electron chi connectivity index (χ4n) is 3.01. The Morgan fingerprint density at radius 3 is 1.86 bits per heavy atom. The number of carbonyl (C=O) groups is 6. The van der Waals surface area contributed by atoms with Gasteiger partial charge in [-0.25, -0.2) is 4.79 Å². The Bertz CT molecular complexity index is 790. The summed E-state index contributed by atoms with van der Waals surface area (Å²) < 4.78 is 0. The van der Waals surface area contributed by atoms with E-state index in [-0.39, 0.29) is 24.7 Å². The van der Waals surface area contributed by atoms with Gasteiger partial charge < -0.3 is 42.3 Å². The summed E-state index contributed by atoms with van der Waals surface area (Å²) in [5, 5.41) is 36.4. The van der Waals surface area contributed by atoms with Crippen molar-refractivity contribution in [2.24, 2.45) is 17.6 Å². The fourth-order valence-corrected chi connectivity index (χ4v) is 3.01. The second-order valence-electron chi connectivity index (χ2n) is 8.95. The molecule has 0 unspecified atom stereocenters. The molecule has 4 amide bonds. The molecule has 0 saturated heterocycles. The van der Waals surface area contributed by atoms with Crippen LogP contribution in [0.2, 0.25) is 0 Å². The van der Waals surface area contributed by atoms with Crippen molar-refractivity contribution in [2.75, 3.05) is 13.2 Å². The van der Waals surface area contributed by atoms with Gasteiger partial charge in [-0.3, -0.25) is 24.0 Å². The first-order valence-corrected chi connectivity index (χ1v) is 11.7. The first-order valence-electron chi connectivity index (χ1n) is 11.7. The molecule has 0 aliphatic rings. The summed E-state index contributed by atoms with van der Waals surface area (Å²) in [4.78, 5) is 72.1. The van der Waals surface area contributed by atoms with Gasteiger partial charge in [0.2, 0.25) is 23.6 Å². The molecular formula is C22H39N5O9. The lowest BCUT2D eigenvalue weighted by Gasteiger charge is -2.25. The number of carboxylic acids is 2. The topological polar surface area (TPSA) is 237 Å². The molecule has 206 valence electrons. The van der Waals surface area contributed by atoms with Gasteiger partial charge in [0.25, 0.3) is 0 Å². The van der Waals surface area contributed by atoms with Gasteiger partial charge in [-0.05, 0) is 24.7 Å². The lowest BCUT2D eigenvalue weighted by atomic mass is 9.99. The van der Waals surface area contributed by atoms with Gasteiger partial charge in [0.05, 0.1) is 19.2 Å². The minimum Gasteiger partial charge on any atom is -0.481 e. The molecule has 14 nitrogen and oxygen atoms in total. The summed E-state index contributed by atoms with van der Waals surface area (Å²) in [5.41, 5.74) is 5.81. The Morgan fingerprint density at radius 1 is 0.833 bits per heavy atom. The smallest absolute Gasteiger partial charge is 0.328 e. The Labute approximate surface area is 209 Å². The van der Waals surface area contributed by atoms with Gasteiger partial charge in [-0.2, -0.15) is 0 Å². The second-order valence-corrected chi connectivity index (χ2v) is 8.95. The normalized spacial score (nSPS) is 15.1. The summed E-state index contributed by atoms with van der Waals surface area (Å²) in [5.74, 6) is -6.01. The first-order chi connectivity index (χ1) is 16.7. The molecule has 9 N–H and O–H groups in total. The molecule has 0 aromatic rings. The SMILES string of the molecule is CC[C@H](C)[C@H](N)C(=O)NCC(=O)N[C@@H](CCC(=O)O)C(=O)N[C@@H](CC(C)C)C(=O)N[C@@H](CO)C(=O)O. The fraction of sp³-hybridized carbons (Fsp3) is 0.727. The van der Waals surface area contributed by atoms with E-state index in [4.69, 9.17) is 21.1 Å². The lowest BCUT2D eigenvalue weighted by molar-refractivity contribution is -0.143. The summed E-state index contributed by atoms with van der Waals surface area (Å²) in [6, 6.07) is -5.00. The standard InChI is InChI=1S/C22H39N5O9/c1-5-12(4)18(23)21(34)24-9-16(29)25-13(6-7-17(30)31)19(32)26-14(8-11(2)3)20(33)27-15(10-28)22(35)36/h11-15,18,28H,5-10,23H2,1-4H3,(H,24,34)(H,25,29)(H,26,32)(H,27,33)(H,30,31)(H,35,36)/t12-,13-,14-,15-,18-/m0/s1. The van der Waals surface area contributed by atoms with E-state index in [1.165, 1.54) is 0 Å². The van der Waals surface area contributed by atoms with Crippen molar-refractivity contribution in [3.8, 4) is 0 Å². The zero-order valence-corrected chi connectivity index (χ0v) is 21.1. The molecule has 0 saturated carbocycles. The van der Waals surface area contributed by atoms with Crippen LogP contribution in [0.15, 0.2) is 0 Å². The van der Waals surface area contributed by atoms with Crippen LogP contribution in [0.1, 0.15) is 53.4 Å². The van der Waals surface area contributed by atoms with Gasteiger partial charge in [-0.1, -0.05) is 34.1 Å². The predicted octanol–water partition coefficient (Wildman–Crippen LogP) is -2.08. The molecule has 0 bridgehead atoms. The number of aliphatic carboxylic acids is 2. The first kappa shape index (κ1) is 32.7. The summed E-state index contributed by atoms with van der Waals surface area (Å²) >= 11 is 0. The molecule has 0 aromatic heterocycles. The van der Waals surface area contributed by atoms with Crippen molar-refractivity contribution in [2.45, 2.75) is 77.5 Å². The number of rotatable bonds is 17. The van der Waals surface area contributed by atoms with Crippen LogP contribution in [-0.2, 0) is 28.8 Å². The minimum absolute atomic E-state index is 0.0957. The number of nitrogens with one attached hydrogen (secondary N) is 4. The zero-order valence-electron chi connectivity index (χ0n) is 21.1. The van der Waals surface area contributed by atoms with Crippen molar-refractivity contribution in [1.29, 1.82) is 0 Å². The van der Waals surface area contributed by atoms with Gasteiger partial charge >= 0.3 is 11.9 Å². The van der Waals surface area contributed by atoms with Crippen LogP contribution in [-0.4, -0.2) is 88.2 Å².